The van der Waals surface area contributed by atoms with Gasteiger partial charge in [-0.15, -0.1) is 0 Å². The lowest BCUT2D eigenvalue weighted by Crippen LogP contribution is -2.01. The Morgan fingerprint density at radius 3 is 2.62 bits per heavy atom. The predicted molar refractivity (Wildman–Crippen MR) is 63.6 cm³/mol. The number of aliphatic hydroxyl groups excluding tert-OH is 1. The van der Waals surface area contributed by atoms with Crippen LogP contribution in [0.1, 0.15) is 31.9 Å². The van der Waals surface area contributed by atoms with Gasteiger partial charge in [-0.2, -0.15) is 0 Å². The van der Waals surface area contributed by atoms with Gasteiger partial charge in [-0.05, 0) is 52.6 Å². The van der Waals surface area contributed by atoms with Gasteiger partial charge < -0.3 is 5.11 Å². The molecule has 0 spiro atoms. The van der Waals surface area contributed by atoms with E-state index in [1.54, 1.807) is 0 Å². The minimum absolute atomic E-state index is 0.310. The molecule has 1 N–H and O–H groups in total. The van der Waals surface area contributed by atoms with Crippen molar-refractivity contribution >= 4 is 22.6 Å². The van der Waals surface area contributed by atoms with Crippen molar-refractivity contribution in [1.29, 1.82) is 0 Å². The van der Waals surface area contributed by atoms with Crippen molar-refractivity contribution in [2.45, 2.75) is 26.4 Å². The Bertz CT molecular complexity index is 271. The third-order valence-corrected chi connectivity index (χ3v) is 2.60. The van der Waals surface area contributed by atoms with Crippen LogP contribution in [0.3, 0.4) is 0 Å². The molecule has 0 aliphatic heterocycles. The molecule has 0 radical (unpaired) electrons. The van der Waals surface area contributed by atoms with E-state index < -0.39 is 0 Å². The molecule has 0 aliphatic rings. The van der Waals surface area contributed by atoms with Crippen LogP contribution in [0.4, 0.5) is 0 Å². The average molecular weight is 290 g/mol. The highest BCUT2D eigenvalue weighted by molar-refractivity contribution is 14.1. The monoisotopic (exact) mass is 290 g/mol. The Morgan fingerprint density at radius 1 is 1.38 bits per heavy atom. The van der Waals surface area contributed by atoms with Crippen molar-refractivity contribution in [2.75, 3.05) is 0 Å². The summed E-state index contributed by atoms with van der Waals surface area (Å²) in [5.41, 5.74) is 1.03. The predicted octanol–water partition coefficient (Wildman–Crippen LogP) is 3.37. The lowest BCUT2D eigenvalue weighted by atomic mass is 10.00. The van der Waals surface area contributed by atoms with E-state index in [9.17, 15) is 5.11 Å². The summed E-state index contributed by atoms with van der Waals surface area (Å²) < 4.78 is 1.18. The Morgan fingerprint density at radius 2 is 2.08 bits per heavy atom. The van der Waals surface area contributed by atoms with Gasteiger partial charge in [0.25, 0.3) is 0 Å². The first-order valence-corrected chi connectivity index (χ1v) is 5.61. The molecule has 0 fully saturated rings. The summed E-state index contributed by atoms with van der Waals surface area (Å²) >= 11 is 2.26. The van der Waals surface area contributed by atoms with Crippen LogP contribution in [0, 0.1) is 9.49 Å². The Kier molecular flexibility index (Phi) is 4.19. The topological polar surface area (TPSA) is 20.2 Å². The second-order valence-electron chi connectivity index (χ2n) is 3.70. The standard InChI is InChI=1S/C11H15IO/c1-8(2)6-11(13)9-4-3-5-10(12)7-9/h3-5,7-8,11,13H,6H2,1-2H3. The Labute approximate surface area is 93.3 Å². The second kappa shape index (κ2) is 4.96. The number of halogens is 1. The molecule has 0 saturated carbocycles. The molecule has 1 aromatic rings. The van der Waals surface area contributed by atoms with Crippen molar-refractivity contribution in [3.63, 3.8) is 0 Å². The molecule has 1 unspecified atom stereocenters. The summed E-state index contributed by atoms with van der Waals surface area (Å²) in [5.74, 6) is 0.535. The van der Waals surface area contributed by atoms with E-state index in [1.165, 1.54) is 3.57 Å². The number of hydrogen-bond acceptors (Lipinski definition) is 1. The van der Waals surface area contributed by atoms with Crippen LogP contribution in [0.25, 0.3) is 0 Å². The third-order valence-electron chi connectivity index (χ3n) is 1.93. The van der Waals surface area contributed by atoms with E-state index in [4.69, 9.17) is 0 Å². The molecule has 0 aromatic heterocycles. The third kappa shape index (κ3) is 3.65. The fourth-order valence-electron chi connectivity index (χ4n) is 1.30. The maximum atomic E-state index is 9.81. The van der Waals surface area contributed by atoms with Gasteiger partial charge in [0, 0.05) is 3.57 Å². The number of benzene rings is 1. The minimum atomic E-state index is -0.310. The van der Waals surface area contributed by atoms with Crippen LogP contribution in [0.15, 0.2) is 24.3 Å². The fraction of sp³-hybridized carbons (Fsp3) is 0.455. The molecule has 0 aliphatic carbocycles. The number of rotatable bonds is 3. The molecule has 13 heavy (non-hydrogen) atoms. The quantitative estimate of drug-likeness (QED) is 0.846. The highest BCUT2D eigenvalue weighted by atomic mass is 127. The van der Waals surface area contributed by atoms with E-state index in [-0.39, 0.29) is 6.10 Å². The summed E-state index contributed by atoms with van der Waals surface area (Å²) in [6.07, 6.45) is 0.523. The molecular formula is C11H15IO. The van der Waals surface area contributed by atoms with Crippen LogP contribution in [-0.4, -0.2) is 5.11 Å². The van der Waals surface area contributed by atoms with Crippen LogP contribution in [-0.2, 0) is 0 Å². The summed E-state index contributed by atoms with van der Waals surface area (Å²) in [6.45, 7) is 4.24. The second-order valence-corrected chi connectivity index (χ2v) is 4.95. The zero-order valence-corrected chi connectivity index (χ0v) is 10.2. The van der Waals surface area contributed by atoms with E-state index >= 15 is 0 Å². The average Bonchev–Trinajstić information content (AvgIpc) is 2.03. The van der Waals surface area contributed by atoms with Gasteiger partial charge in [0.05, 0.1) is 6.10 Å². The fourth-order valence-corrected chi connectivity index (χ4v) is 1.86. The highest BCUT2D eigenvalue weighted by Crippen LogP contribution is 2.22. The molecular weight excluding hydrogens is 275 g/mol. The van der Waals surface area contributed by atoms with Gasteiger partial charge in [0.2, 0.25) is 0 Å². The van der Waals surface area contributed by atoms with E-state index in [0.29, 0.717) is 5.92 Å². The van der Waals surface area contributed by atoms with Gasteiger partial charge in [0.15, 0.2) is 0 Å². The maximum Gasteiger partial charge on any atom is 0.0792 e. The molecule has 0 saturated heterocycles. The molecule has 1 rings (SSSR count). The van der Waals surface area contributed by atoms with Gasteiger partial charge in [-0.25, -0.2) is 0 Å². The zero-order chi connectivity index (χ0) is 9.84. The van der Waals surface area contributed by atoms with Crippen LogP contribution < -0.4 is 0 Å². The summed E-state index contributed by atoms with van der Waals surface area (Å²) in [7, 11) is 0. The molecule has 0 amide bonds. The van der Waals surface area contributed by atoms with Crippen LogP contribution in [0.2, 0.25) is 0 Å². The van der Waals surface area contributed by atoms with E-state index in [1.807, 2.05) is 24.3 Å². The summed E-state index contributed by atoms with van der Waals surface area (Å²) in [5, 5.41) is 9.81. The van der Waals surface area contributed by atoms with E-state index in [0.717, 1.165) is 12.0 Å². The maximum absolute atomic E-state index is 9.81. The van der Waals surface area contributed by atoms with Crippen molar-refractivity contribution in [1.82, 2.24) is 0 Å². The number of hydrogen-bond donors (Lipinski definition) is 1. The van der Waals surface area contributed by atoms with Crippen molar-refractivity contribution in [3.05, 3.63) is 33.4 Å². The molecule has 0 bridgehead atoms. The zero-order valence-electron chi connectivity index (χ0n) is 8.00. The molecule has 1 aromatic carbocycles. The summed E-state index contributed by atoms with van der Waals surface area (Å²) in [6, 6.07) is 8.04. The van der Waals surface area contributed by atoms with Gasteiger partial charge in [-0.1, -0.05) is 26.0 Å². The first kappa shape index (κ1) is 11.0. The molecule has 1 nitrogen and oxygen atoms in total. The lowest BCUT2D eigenvalue weighted by molar-refractivity contribution is 0.151. The van der Waals surface area contributed by atoms with Crippen molar-refractivity contribution < 1.29 is 5.11 Å². The summed E-state index contributed by atoms with van der Waals surface area (Å²) in [4.78, 5) is 0. The number of aliphatic hydroxyl groups is 1. The van der Waals surface area contributed by atoms with E-state index in [2.05, 4.69) is 36.4 Å². The first-order chi connectivity index (χ1) is 6.09. The SMILES string of the molecule is CC(C)CC(O)c1cccc(I)c1. The normalized spacial score (nSPS) is 13.3. The van der Waals surface area contributed by atoms with Gasteiger partial charge in [0.1, 0.15) is 0 Å². The smallest absolute Gasteiger partial charge is 0.0792 e. The largest absolute Gasteiger partial charge is 0.388 e. The van der Waals surface area contributed by atoms with Crippen LogP contribution in [0.5, 0.6) is 0 Å². The Balaban J connectivity index is 2.71. The van der Waals surface area contributed by atoms with Gasteiger partial charge in [-0.3, -0.25) is 0 Å². The highest BCUT2D eigenvalue weighted by Gasteiger charge is 2.09. The van der Waals surface area contributed by atoms with Crippen molar-refractivity contribution in [3.8, 4) is 0 Å². The molecule has 0 heterocycles. The molecule has 1 atom stereocenters. The van der Waals surface area contributed by atoms with Crippen molar-refractivity contribution in [2.24, 2.45) is 5.92 Å². The van der Waals surface area contributed by atoms with Gasteiger partial charge >= 0.3 is 0 Å². The lowest BCUT2D eigenvalue weighted by Gasteiger charge is -2.13. The first-order valence-electron chi connectivity index (χ1n) is 4.53. The van der Waals surface area contributed by atoms with Crippen LogP contribution >= 0.6 is 22.6 Å². The Hall–Kier alpha value is -0.0900. The molecule has 72 valence electrons. The minimum Gasteiger partial charge on any atom is -0.388 e. The molecule has 2 heteroatoms.